The molecule has 1 heterocycles. The lowest BCUT2D eigenvalue weighted by Gasteiger charge is -2.26. The second-order valence-electron chi connectivity index (χ2n) is 7.53. The van der Waals surface area contributed by atoms with E-state index in [1.807, 2.05) is 31.2 Å². The quantitative estimate of drug-likeness (QED) is 0.407. The molecule has 1 unspecified atom stereocenters. The molecule has 1 aromatic rings. The maximum atomic E-state index is 12.3. The molecule has 0 fully saturated rings. The zero-order valence-electron chi connectivity index (χ0n) is 17.3. The second kappa shape index (κ2) is 11.3. The van der Waals surface area contributed by atoms with Crippen LogP contribution in [0.25, 0.3) is 0 Å². The van der Waals surface area contributed by atoms with Gasteiger partial charge in [0.1, 0.15) is 18.1 Å². The van der Waals surface area contributed by atoms with E-state index in [2.05, 4.69) is 6.92 Å². The highest BCUT2D eigenvalue weighted by molar-refractivity contribution is 8.15. The molecule has 0 saturated carbocycles. The molecule has 154 valence electrons. The largest absolute Gasteiger partial charge is 0.497 e. The van der Waals surface area contributed by atoms with E-state index in [0.29, 0.717) is 12.2 Å². The van der Waals surface area contributed by atoms with Gasteiger partial charge < -0.3 is 9.47 Å². The molecular formula is C23H32O4S. The van der Waals surface area contributed by atoms with Crippen molar-refractivity contribution in [2.75, 3.05) is 13.7 Å². The Kier molecular flexibility index (Phi) is 9.10. The van der Waals surface area contributed by atoms with Crippen molar-refractivity contribution in [3.05, 3.63) is 41.7 Å². The van der Waals surface area contributed by atoms with Gasteiger partial charge in [0.15, 0.2) is 5.78 Å². The van der Waals surface area contributed by atoms with E-state index in [4.69, 9.17) is 9.47 Å². The summed E-state index contributed by atoms with van der Waals surface area (Å²) in [5.41, 5.74) is 0.926. The normalized spacial score (nSPS) is 18.8. The van der Waals surface area contributed by atoms with Crippen molar-refractivity contribution in [2.24, 2.45) is 0 Å². The maximum Gasteiger partial charge on any atom is 0.216 e. The molecule has 0 bridgehead atoms. The Morgan fingerprint density at radius 2 is 1.75 bits per heavy atom. The van der Waals surface area contributed by atoms with Gasteiger partial charge in [-0.3, -0.25) is 9.59 Å². The summed E-state index contributed by atoms with van der Waals surface area (Å²) in [4.78, 5) is 24.3. The first kappa shape index (κ1) is 22.5. The summed E-state index contributed by atoms with van der Waals surface area (Å²) in [5, 5.41) is 0.0195. The van der Waals surface area contributed by atoms with Crippen LogP contribution in [-0.4, -0.2) is 29.4 Å². The summed E-state index contributed by atoms with van der Waals surface area (Å²) >= 11 is 1.32. The first-order valence-corrected chi connectivity index (χ1v) is 11.0. The summed E-state index contributed by atoms with van der Waals surface area (Å²) in [5.74, 6) is 1.42. The number of rotatable bonds is 13. The molecule has 0 radical (unpaired) electrons. The lowest BCUT2D eigenvalue weighted by atomic mass is 9.99. The van der Waals surface area contributed by atoms with Crippen LogP contribution < -0.4 is 4.74 Å². The van der Waals surface area contributed by atoms with E-state index in [-0.39, 0.29) is 22.3 Å². The van der Waals surface area contributed by atoms with Crippen molar-refractivity contribution in [1.29, 1.82) is 0 Å². The van der Waals surface area contributed by atoms with Crippen molar-refractivity contribution < 1.29 is 19.1 Å². The van der Waals surface area contributed by atoms with E-state index in [1.165, 1.54) is 43.9 Å². The molecule has 1 aromatic carbocycles. The van der Waals surface area contributed by atoms with Crippen LogP contribution in [-0.2, 0) is 20.7 Å². The van der Waals surface area contributed by atoms with Crippen LogP contribution in [0.3, 0.4) is 0 Å². The molecule has 0 N–H and O–H groups in total. The predicted molar refractivity (Wildman–Crippen MR) is 115 cm³/mol. The van der Waals surface area contributed by atoms with Crippen LogP contribution >= 0.6 is 11.8 Å². The third-order valence-corrected chi connectivity index (χ3v) is 6.23. The molecule has 28 heavy (non-hydrogen) atoms. The molecule has 4 nitrogen and oxygen atoms in total. The summed E-state index contributed by atoms with van der Waals surface area (Å²) in [6, 6.07) is 7.45. The number of methoxy groups -OCH3 is 1. The lowest BCUT2D eigenvalue weighted by molar-refractivity contribution is -0.122. The molecule has 1 aliphatic rings. The number of ketones is 1. The molecule has 1 atom stereocenters. The molecule has 0 spiro atoms. The Balaban J connectivity index is 1.80. The monoisotopic (exact) mass is 404 g/mol. The first-order chi connectivity index (χ1) is 13.5. The van der Waals surface area contributed by atoms with Gasteiger partial charge in [0.25, 0.3) is 0 Å². The van der Waals surface area contributed by atoms with Crippen molar-refractivity contribution >= 4 is 22.7 Å². The number of hydrogen-bond acceptors (Lipinski definition) is 5. The number of carbonyl (C=O) groups is 2. The highest BCUT2D eigenvalue weighted by Gasteiger charge is 2.39. The minimum atomic E-state index is -0.345. The van der Waals surface area contributed by atoms with Crippen LogP contribution in [0.1, 0.15) is 64.4 Å². The fourth-order valence-corrected chi connectivity index (χ4v) is 4.43. The van der Waals surface area contributed by atoms with Crippen molar-refractivity contribution in [1.82, 2.24) is 0 Å². The topological polar surface area (TPSA) is 52.6 Å². The Morgan fingerprint density at radius 1 is 1.07 bits per heavy atom. The standard InChI is InChI=1S/C23H32O4S/c1-4-5-6-7-8-9-14-23(2)21(16-22(25)28-23)27-17-19(24)15-18-10-12-20(26-3)13-11-18/h10-13,16H,4-9,14-15,17H2,1-3H3. The number of Topliss-reactive ketones (excluding diaryl/α,β-unsaturated/α-hetero) is 1. The van der Waals surface area contributed by atoms with Crippen LogP contribution in [0.5, 0.6) is 5.75 Å². The maximum absolute atomic E-state index is 12.3. The minimum Gasteiger partial charge on any atom is -0.497 e. The number of thioether (sulfide) groups is 1. The number of unbranched alkanes of at least 4 members (excludes halogenated alkanes) is 5. The van der Waals surface area contributed by atoms with E-state index >= 15 is 0 Å². The minimum absolute atomic E-state index is 0.00219. The third kappa shape index (κ3) is 7.01. The summed E-state index contributed by atoms with van der Waals surface area (Å²) in [6.45, 7) is 4.26. The average Bonchev–Trinajstić information content (AvgIpc) is 2.97. The Bertz CT molecular complexity index is 680. The third-order valence-electron chi connectivity index (χ3n) is 5.05. The second-order valence-corrected chi connectivity index (χ2v) is 9.04. The first-order valence-electron chi connectivity index (χ1n) is 10.2. The molecule has 0 aliphatic carbocycles. The average molecular weight is 405 g/mol. The Morgan fingerprint density at radius 3 is 2.43 bits per heavy atom. The molecule has 5 heteroatoms. The zero-order chi connectivity index (χ0) is 20.4. The van der Waals surface area contributed by atoms with Crippen molar-refractivity contribution in [3.8, 4) is 5.75 Å². The summed E-state index contributed by atoms with van der Waals surface area (Å²) < 4.78 is 10.6. The Labute approximate surface area is 173 Å². The predicted octanol–water partition coefficient (Wildman–Crippen LogP) is 5.49. The van der Waals surface area contributed by atoms with Crippen LogP contribution in [0.2, 0.25) is 0 Å². The fourth-order valence-electron chi connectivity index (χ4n) is 3.35. The smallest absolute Gasteiger partial charge is 0.216 e. The number of hydrogen-bond donors (Lipinski definition) is 0. The van der Waals surface area contributed by atoms with E-state index in [0.717, 1.165) is 24.2 Å². The molecule has 1 aliphatic heterocycles. The van der Waals surface area contributed by atoms with Gasteiger partial charge in [0, 0.05) is 12.5 Å². The van der Waals surface area contributed by atoms with Gasteiger partial charge in [-0.25, -0.2) is 0 Å². The lowest BCUT2D eigenvalue weighted by Crippen LogP contribution is -2.24. The highest BCUT2D eigenvalue weighted by Crippen LogP contribution is 2.44. The van der Waals surface area contributed by atoms with Gasteiger partial charge in [-0.15, -0.1) is 0 Å². The van der Waals surface area contributed by atoms with Gasteiger partial charge in [0.05, 0.1) is 11.9 Å². The Hall–Kier alpha value is -1.75. The van der Waals surface area contributed by atoms with Crippen LogP contribution in [0.4, 0.5) is 0 Å². The molecule has 0 amide bonds. The van der Waals surface area contributed by atoms with Crippen molar-refractivity contribution in [2.45, 2.75) is 70.0 Å². The van der Waals surface area contributed by atoms with Crippen molar-refractivity contribution in [3.63, 3.8) is 0 Å². The number of ether oxygens (including phenoxy) is 2. The highest BCUT2D eigenvalue weighted by atomic mass is 32.2. The van der Waals surface area contributed by atoms with Crippen LogP contribution in [0.15, 0.2) is 36.1 Å². The van der Waals surface area contributed by atoms with Gasteiger partial charge in [-0.1, -0.05) is 69.3 Å². The number of benzene rings is 1. The van der Waals surface area contributed by atoms with Gasteiger partial charge in [0.2, 0.25) is 5.12 Å². The van der Waals surface area contributed by atoms with E-state index in [9.17, 15) is 9.59 Å². The van der Waals surface area contributed by atoms with Gasteiger partial charge in [-0.05, 0) is 31.0 Å². The molecular weight excluding hydrogens is 372 g/mol. The van der Waals surface area contributed by atoms with Crippen LogP contribution in [0, 0.1) is 0 Å². The molecule has 0 saturated heterocycles. The SMILES string of the molecule is CCCCCCCCC1(C)SC(=O)C=C1OCC(=O)Cc1ccc(OC)cc1. The zero-order valence-corrected chi connectivity index (χ0v) is 18.1. The van der Waals surface area contributed by atoms with E-state index < -0.39 is 0 Å². The molecule has 0 aromatic heterocycles. The van der Waals surface area contributed by atoms with Gasteiger partial charge >= 0.3 is 0 Å². The van der Waals surface area contributed by atoms with Gasteiger partial charge in [-0.2, -0.15) is 0 Å². The number of carbonyl (C=O) groups excluding carboxylic acids is 2. The summed E-state index contributed by atoms with van der Waals surface area (Å²) in [7, 11) is 1.62. The summed E-state index contributed by atoms with van der Waals surface area (Å²) in [6.07, 6.45) is 10.1. The fraction of sp³-hybridized carbons (Fsp3) is 0.565. The van der Waals surface area contributed by atoms with E-state index in [1.54, 1.807) is 13.2 Å². The molecule has 2 rings (SSSR count).